The summed E-state index contributed by atoms with van der Waals surface area (Å²) in [4.78, 5) is 33.6. The van der Waals surface area contributed by atoms with Crippen LogP contribution in [0.1, 0.15) is 38.8 Å². The Morgan fingerprint density at radius 2 is 1.97 bits per heavy atom. The highest BCUT2D eigenvalue weighted by atomic mass is 16.5. The summed E-state index contributed by atoms with van der Waals surface area (Å²) in [7, 11) is 2.05. The maximum Gasteiger partial charge on any atom is 0.319 e. The molecular weight excluding hydrogens is 458 g/mol. The SMILES string of the molecule is CC(C)NC(=O)Nc1ccc2c(c1)CC(=O)N([C@@H](C)CO)C[C@@H](C)C(CN(C)Cc1ccncc1)O2. The highest BCUT2D eigenvalue weighted by molar-refractivity contribution is 5.90. The van der Waals surface area contributed by atoms with Crippen LogP contribution in [0.4, 0.5) is 10.5 Å². The van der Waals surface area contributed by atoms with Crippen molar-refractivity contribution in [2.24, 2.45) is 5.92 Å². The van der Waals surface area contributed by atoms with Gasteiger partial charge in [-0.3, -0.25) is 14.7 Å². The minimum absolute atomic E-state index is 0.00248. The molecule has 0 bridgehead atoms. The molecule has 3 amide bonds. The van der Waals surface area contributed by atoms with Crippen LogP contribution in [0.3, 0.4) is 0 Å². The molecule has 0 saturated heterocycles. The quantitative estimate of drug-likeness (QED) is 0.518. The second kappa shape index (κ2) is 12.7. The zero-order chi connectivity index (χ0) is 26.2. The van der Waals surface area contributed by atoms with E-state index < -0.39 is 0 Å². The number of likely N-dealkylation sites (N-methyl/N-ethyl adjacent to an activating group) is 1. The van der Waals surface area contributed by atoms with Crippen LogP contribution >= 0.6 is 0 Å². The molecule has 0 saturated carbocycles. The number of pyridine rings is 1. The van der Waals surface area contributed by atoms with E-state index in [0.717, 1.165) is 12.1 Å². The fourth-order valence-corrected chi connectivity index (χ4v) is 4.33. The van der Waals surface area contributed by atoms with Crippen molar-refractivity contribution in [3.8, 4) is 5.75 Å². The highest BCUT2D eigenvalue weighted by Gasteiger charge is 2.31. The number of aromatic nitrogens is 1. The molecule has 1 aliphatic rings. The minimum atomic E-state index is -0.310. The van der Waals surface area contributed by atoms with Gasteiger partial charge in [-0.25, -0.2) is 4.79 Å². The van der Waals surface area contributed by atoms with E-state index in [1.165, 1.54) is 0 Å². The zero-order valence-electron chi connectivity index (χ0n) is 21.9. The van der Waals surface area contributed by atoms with Gasteiger partial charge in [0.15, 0.2) is 0 Å². The molecule has 0 spiro atoms. The number of amides is 3. The second-order valence-electron chi connectivity index (χ2n) is 10.0. The first-order chi connectivity index (χ1) is 17.2. The number of aliphatic hydroxyl groups is 1. The molecule has 0 radical (unpaired) electrons. The summed E-state index contributed by atoms with van der Waals surface area (Å²) in [6, 6.07) is 8.78. The standard InChI is InChI=1S/C27H39N5O4/c1-18(2)29-27(35)30-23-6-7-24-22(12-23)13-26(34)32(20(4)17-33)14-19(3)25(36-24)16-31(5)15-21-8-10-28-11-9-21/h6-12,18-20,25,33H,13-17H2,1-5H3,(H2,29,30,35)/t19-,20+,25?/m1/s1. The molecule has 1 aromatic heterocycles. The molecule has 36 heavy (non-hydrogen) atoms. The van der Waals surface area contributed by atoms with Gasteiger partial charge in [-0.1, -0.05) is 6.92 Å². The van der Waals surface area contributed by atoms with E-state index in [2.05, 4.69) is 27.4 Å². The van der Waals surface area contributed by atoms with Gasteiger partial charge in [0.1, 0.15) is 11.9 Å². The predicted molar refractivity (Wildman–Crippen MR) is 140 cm³/mol. The smallest absolute Gasteiger partial charge is 0.319 e. The maximum atomic E-state index is 13.3. The van der Waals surface area contributed by atoms with Crippen molar-refractivity contribution in [3.63, 3.8) is 0 Å². The van der Waals surface area contributed by atoms with Crippen LogP contribution in [0, 0.1) is 5.92 Å². The van der Waals surface area contributed by atoms with Gasteiger partial charge in [0.05, 0.1) is 19.1 Å². The van der Waals surface area contributed by atoms with Crippen molar-refractivity contribution in [1.82, 2.24) is 20.1 Å². The first-order valence-corrected chi connectivity index (χ1v) is 12.5. The molecule has 1 unspecified atom stereocenters. The third kappa shape index (κ3) is 7.66. The van der Waals surface area contributed by atoms with Crippen molar-refractivity contribution in [3.05, 3.63) is 53.9 Å². The van der Waals surface area contributed by atoms with Crippen molar-refractivity contribution >= 4 is 17.6 Å². The molecule has 2 heterocycles. The summed E-state index contributed by atoms with van der Waals surface area (Å²) < 4.78 is 6.55. The number of rotatable bonds is 8. The molecular formula is C27H39N5O4. The van der Waals surface area contributed by atoms with E-state index in [-0.39, 0.29) is 49.1 Å². The molecule has 1 aliphatic heterocycles. The van der Waals surface area contributed by atoms with Crippen molar-refractivity contribution in [2.45, 2.75) is 58.8 Å². The molecule has 0 fully saturated rings. The molecule has 1 aromatic carbocycles. The highest BCUT2D eigenvalue weighted by Crippen LogP contribution is 2.29. The van der Waals surface area contributed by atoms with E-state index in [4.69, 9.17) is 4.74 Å². The van der Waals surface area contributed by atoms with Crippen molar-refractivity contribution < 1.29 is 19.4 Å². The predicted octanol–water partition coefficient (Wildman–Crippen LogP) is 2.89. The van der Waals surface area contributed by atoms with Crippen LogP contribution in [0.15, 0.2) is 42.7 Å². The summed E-state index contributed by atoms with van der Waals surface area (Å²) in [5.41, 5.74) is 2.45. The van der Waals surface area contributed by atoms with Gasteiger partial charge in [-0.2, -0.15) is 0 Å². The van der Waals surface area contributed by atoms with Gasteiger partial charge in [-0.15, -0.1) is 0 Å². The van der Waals surface area contributed by atoms with Gasteiger partial charge in [0, 0.05) is 55.2 Å². The average molecular weight is 498 g/mol. The van der Waals surface area contributed by atoms with E-state index in [9.17, 15) is 14.7 Å². The lowest BCUT2D eigenvalue weighted by Crippen LogP contribution is -2.47. The van der Waals surface area contributed by atoms with Crippen LogP contribution < -0.4 is 15.4 Å². The Hall–Kier alpha value is -3.17. The molecule has 9 nitrogen and oxygen atoms in total. The molecule has 2 aromatic rings. The Morgan fingerprint density at radius 3 is 2.64 bits per heavy atom. The van der Waals surface area contributed by atoms with Gasteiger partial charge >= 0.3 is 6.03 Å². The Morgan fingerprint density at radius 1 is 1.25 bits per heavy atom. The Bertz CT molecular complexity index is 1020. The van der Waals surface area contributed by atoms with Crippen LogP contribution in [0.5, 0.6) is 5.75 Å². The van der Waals surface area contributed by atoms with Gasteiger partial charge in [0.2, 0.25) is 5.91 Å². The molecule has 3 rings (SSSR count). The lowest BCUT2D eigenvalue weighted by Gasteiger charge is -2.34. The normalized spacial score (nSPS) is 19.1. The number of hydrogen-bond donors (Lipinski definition) is 3. The first-order valence-electron chi connectivity index (χ1n) is 12.5. The molecule has 3 atom stereocenters. The number of aliphatic hydroxyl groups excluding tert-OH is 1. The fraction of sp³-hybridized carbons (Fsp3) is 0.519. The third-order valence-corrected chi connectivity index (χ3v) is 6.29. The van der Waals surface area contributed by atoms with E-state index in [1.807, 2.05) is 46.0 Å². The lowest BCUT2D eigenvalue weighted by molar-refractivity contribution is -0.134. The summed E-state index contributed by atoms with van der Waals surface area (Å²) in [5.74, 6) is 0.567. The number of anilines is 1. The molecule has 3 N–H and O–H groups in total. The molecule has 9 heteroatoms. The number of carbonyl (C=O) groups is 2. The van der Waals surface area contributed by atoms with Crippen LogP contribution in [-0.2, 0) is 17.8 Å². The number of nitrogens with one attached hydrogen (secondary N) is 2. The van der Waals surface area contributed by atoms with Crippen LogP contribution in [0.25, 0.3) is 0 Å². The zero-order valence-corrected chi connectivity index (χ0v) is 21.9. The van der Waals surface area contributed by atoms with E-state index in [1.54, 1.807) is 29.4 Å². The molecule has 196 valence electrons. The minimum Gasteiger partial charge on any atom is -0.488 e. The van der Waals surface area contributed by atoms with Gasteiger partial charge in [0.25, 0.3) is 0 Å². The Kier molecular flexibility index (Phi) is 9.66. The van der Waals surface area contributed by atoms with Crippen LogP contribution in [-0.4, -0.2) is 76.8 Å². The summed E-state index contributed by atoms with van der Waals surface area (Å²) >= 11 is 0. The van der Waals surface area contributed by atoms with E-state index >= 15 is 0 Å². The Balaban J connectivity index is 1.87. The average Bonchev–Trinajstić information content (AvgIpc) is 2.86. The monoisotopic (exact) mass is 497 g/mol. The summed E-state index contributed by atoms with van der Waals surface area (Å²) in [5, 5.41) is 15.4. The second-order valence-corrected chi connectivity index (χ2v) is 10.0. The number of hydrogen-bond acceptors (Lipinski definition) is 6. The van der Waals surface area contributed by atoms with E-state index in [0.29, 0.717) is 30.1 Å². The maximum absolute atomic E-state index is 13.3. The summed E-state index contributed by atoms with van der Waals surface area (Å²) in [6.45, 7) is 9.45. The fourth-order valence-electron chi connectivity index (χ4n) is 4.33. The number of carbonyl (C=O) groups excluding carboxylic acids is 2. The third-order valence-electron chi connectivity index (χ3n) is 6.29. The van der Waals surface area contributed by atoms with Crippen molar-refractivity contribution in [1.29, 1.82) is 0 Å². The number of nitrogens with zero attached hydrogens (tertiary/aromatic N) is 3. The van der Waals surface area contributed by atoms with Crippen LogP contribution in [0.2, 0.25) is 0 Å². The summed E-state index contributed by atoms with van der Waals surface area (Å²) in [6.07, 6.45) is 3.49. The van der Waals surface area contributed by atoms with Crippen molar-refractivity contribution in [2.75, 3.05) is 32.1 Å². The number of benzene rings is 1. The number of ether oxygens (including phenoxy) is 1. The number of fused-ring (bicyclic) bond motifs is 1. The lowest BCUT2D eigenvalue weighted by atomic mass is 10.0. The van der Waals surface area contributed by atoms with Gasteiger partial charge in [-0.05, 0) is 63.7 Å². The van der Waals surface area contributed by atoms with Gasteiger partial charge < -0.3 is 25.4 Å². The molecule has 0 aliphatic carbocycles. The Labute approximate surface area is 213 Å². The number of urea groups is 1. The topological polar surface area (TPSA) is 107 Å². The first kappa shape index (κ1) is 27.4. The largest absolute Gasteiger partial charge is 0.488 e.